The van der Waals surface area contributed by atoms with Gasteiger partial charge in [-0.05, 0) is 25.1 Å². The summed E-state index contributed by atoms with van der Waals surface area (Å²) in [4.78, 5) is 0. The zero-order chi connectivity index (χ0) is 8.72. The lowest BCUT2D eigenvalue weighted by atomic mass is 10.2. The molecule has 0 aliphatic rings. The minimum Gasteiger partial charge on any atom is -0.461 e. The molecule has 2 rings (SSSR count). The second-order valence-electron chi connectivity index (χ2n) is 2.63. The molecule has 0 saturated carbocycles. The third-order valence-corrected chi connectivity index (χ3v) is 1.71. The molecule has 1 aromatic carbocycles. The first kappa shape index (κ1) is 7.28. The Hall–Kier alpha value is -1.38. The Balaban J connectivity index is 2.89. The fraction of sp³-hybridized carbons (Fsp3) is 0.111. The predicted octanol–water partition coefficient (Wildman–Crippen LogP) is 3.02. The summed E-state index contributed by atoms with van der Waals surface area (Å²) in [5.74, 6) is -1.11. The first-order valence-corrected chi connectivity index (χ1v) is 3.52. The van der Waals surface area contributed by atoms with Crippen molar-refractivity contribution in [3.8, 4) is 0 Å². The number of hydrogen-bond donors (Lipinski definition) is 0. The number of halogens is 2. The molecule has 0 aliphatic carbocycles. The smallest absolute Gasteiger partial charge is 0.169 e. The van der Waals surface area contributed by atoms with Crippen LogP contribution in [-0.2, 0) is 0 Å². The first-order valence-electron chi connectivity index (χ1n) is 3.52. The minimum atomic E-state index is -0.844. The van der Waals surface area contributed by atoms with Gasteiger partial charge in [0, 0.05) is 0 Å². The number of rotatable bonds is 0. The highest BCUT2D eigenvalue weighted by atomic mass is 19.2. The summed E-state index contributed by atoms with van der Waals surface area (Å²) in [6.07, 6.45) is 0. The number of benzene rings is 1. The maximum Gasteiger partial charge on any atom is 0.169 e. The van der Waals surface area contributed by atoms with Gasteiger partial charge in [0.1, 0.15) is 11.3 Å². The van der Waals surface area contributed by atoms with Gasteiger partial charge in [0.15, 0.2) is 11.6 Å². The molecule has 0 N–H and O–H groups in total. The number of fused-ring (bicyclic) bond motifs is 1. The third-order valence-electron chi connectivity index (χ3n) is 1.71. The molecule has 0 unspecified atom stereocenters. The van der Waals surface area contributed by atoms with E-state index < -0.39 is 11.6 Å². The average Bonchev–Trinajstić information content (AvgIpc) is 2.39. The van der Waals surface area contributed by atoms with E-state index in [2.05, 4.69) is 0 Å². The van der Waals surface area contributed by atoms with E-state index in [1.807, 2.05) is 0 Å². The maximum atomic E-state index is 13.0. The second kappa shape index (κ2) is 2.30. The number of aryl methyl sites for hydroxylation is 1. The summed E-state index contributed by atoms with van der Waals surface area (Å²) >= 11 is 0. The van der Waals surface area contributed by atoms with Crippen LogP contribution in [0.2, 0.25) is 0 Å². The van der Waals surface area contributed by atoms with Crippen molar-refractivity contribution < 1.29 is 13.2 Å². The molecule has 0 atom stereocenters. The van der Waals surface area contributed by atoms with E-state index in [4.69, 9.17) is 4.42 Å². The van der Waals surface area contributed by atoms with E-state index >= 15 is 0 Å². The SMILES string of the molecule is Cc1cc2c(F)c(F)ccc2o1. The molecule has 0 fully saturated rings. The zero-order valence-electron chi connectivity index (χ0n) is 6.40. The predicted molar refractivity (Wildman–Crippen MR) is 40.9 cm³/mol. The Labute approximate surface area is 67.6 Å². The Kier molecular flexibility index (Phi) is 1.40. The lowest BCUT2D eigenvalue weighted by molar-refractivity contribution is 0.514. The van der Waals surface area contributed by atoms with Crippen molar-refractivity contribution >= 4 is 11.0 Å². The topological polar surface area (TPSA) is 13.1 Å². The molecule has 3 heteroatoms. The fourth-order valence-corrected chi connectivity index (χ4v) is 1.18. The molecule has 1 nitrogen and oxygen atoms in total. The van der Waals surface area contributed by atoms with E-state index in [1.165, 1.54) is 12.1 Å². The van der Waals surface area contributed by atoms with Gasteiger partial charge in [0.05, 0.1) is 5.39 Å². The van der Waals surface area contributed by atoms with Crippen molar-refractivity contribution in [2.75, 3.05) is 0 Å². The van der Waals surface area contributed by atoms with Gasteiger partial charge >= 0.3 is 0 Å². The highest BCUT2D eigenvalue weighted by molar-refractivity contribution is 5.78. The van der Waals surface area contributed by atoms with Crippen LogP contribution in [0.5, 0.6) is 0 Å². The second-order valence-corrected chi connectivity index (χ2v) is 2.63. The van der Waals surface area contributed by atoms with Gasteiger partial charge in [-0.1, -0.05) is 0 Å². The van der Waals surface area contributed by atoms with E-state index in [1.54, 1.807) is 6.92 Å². The van der Waals surface area contributed by atoms with E-state index in [9.17, 15) is 8.78 Å². The van der Waals surface area contributed by atoms with Crippen LogP contribution in [0.4, 0.5) is 8.78 Å². The maximum absolute atomic E-state index is 13.0. The Morgan fingerprint density at radius 3 is 2.75 bits per heavy atom. The molecule has 2 aromatic rings. The van der Waals surface area contributed by atoms with Gasteiger partial charge in [-0.25, -0.2) is 8.78 Å². The molecule has 0 aliphatic heterocycles. The molecule has 1 heterocycles. The van der Waals surface area contributed by atoms with Crippen molar-refractivity contribution in [2.45, 2.75) is 6.92 Å². The summed E-state index contributed by atoms with van der Waals surface area (Å²) in [7, 11) is 0. The normalized spacial score (nSPS) is 10.9. The largest absolute Gasteiger partial charge is 0.461 e. The lowest BCUT2D eigenvalue weighted by Gasteiger charge is -1.91. The van der Waals surface area contributed by atoms with Crippen LogP contribution in [0.25, 0.3) is 11.0 Å². The van der Waals surface area contributed by atoms with Gasteiger partial charge < -0.3 is 4.42 Å². The fourth-order valence-electron chi connectivity index (χ4n) is 1.18. The standard InChI is InChI=1S/C9H6F2O/c1-5-4-6-8(12-5)3-2-7(10)9(6)11/h2-4H,1H3. The first-order chi connectivity index (χ1) is 5.68. The highest BCUT2D eigenvalue weighted by Crippen LogP contribution is 2.23. The summed E-state index contributed by atoms with van der Waals surface area (Å²) in [6, 6.07) is 3.95. The number of hydrogen-bond acceptors (Lipinski definition) is 1. The Bertz CT molecular complexity index is 431. The summed E-state index contributed by atoms with van der Waals surface area (Å²) in [5.41, 5.74) is 0.381. The van der Waals surface area contributed by atoms with Crippen molar-refractivity contribution in [1.82, 2.24) is 0 Å². The molecular weight excluding hydrogens is 162 g/mol. The summed E-state index contributed by atoms with van der Waals surface area (Å²) < 4.78 is 30.7. The molecule has 1 aromatic heterocycles. The molecule has 0 saturated heterocycles. The van der Waals surface area contributed by atoms with Crippen LogP contribution in [0.15, 0.2) is 22.6 Å². The third kappa shape index (κ3) is 0.897. The molecular formula is C9H6F2O. The monoisotopic (exact) mass is 168 g/mol. The van der Waals surface area contributed by atoms with Crippen LogP contribution in [-0.4, -0.2) is 0 Å². The van der Waals surface area contributed by atoms with Crippen LogP contribution < -0.4 is 0 Å². The van der Waals surface area contributed by atoms with E-state index in [0.29, 0.717) is 11.3 Å². The number of furan rings is 1. The molecule has 0 spiro atoms. The summed E-state index contributed by atoms with van der Waals surface area (Å²) in [5, 5.41) is 0.201. The van der Waals surface area contributed by atoms with Crippen molar-refractivity contribution in [3.05, 3.63) is 35.6 Å². The highest BCUT2D eigenvalue weighted by Gasteiger charge is 2.09. The van der Waals surface area contributed by atoms with Crippen molar-refractivity contribution in [3.63, 3.8) is 0 Å². The zero-order valence-corrected chi connectivity index (χ0v) is 6.40. The van der Waals surface area contributed by atoms with Crippen LogP contribution in [0.3, 0.4) is 0 Å². The summed E-state index contributed by atoms with van der Waals surface area (Å²) in [6.45, 7) is 1.69. The van der Waals surface area contributed by atoms with Crippen molar-refractivity contribution in [1.29, 1.82) is 0 Å². The Morgan fingerprint density at radius 2 is 2.00 bits per heavy atom. The van der Waals surface area contributed by atoms with Gasteiger partial charge in [-0.15, -0.1) is 0 Å². The average molecular weight is 168 g/mol. The minimum absolute atomic E-state index is 0.201. The van der Waals surface area contributed by atoms with Crippen molar-refractivity contribution in [2.24, 2.45) is 0 Å². The van der Waals surface area contributed by atoms with Gasteiger partial charge in [-0.2, -0.15) is 0 Å². The van der Waals surface area contributed by atoms with Crippen LogP contribution in [0, 0.1) is 18.6 Å². The molecule has 0 bridgehead atoms. The molecule has 0 radical (unpaired) electrons. The van der Waals surface area contributed by atoms with Gasteiger partial charge in [-0.3, -0.25) is 0 Å². The van der Waals surface area contributed by atoms with Crippen LogP contribution in [0.1, 0.15) is 5.76 Å². The molecule has 12 heavy (non-hydrogen) atoms. The quantitative estimate of drug-likeness (QED) is 0.589. The lowest BCUT2D eigenvalue weighted by Crippen LogP contribution is -1.81. The Morgan fingerprint density at radius 1 is 1.25 bits per heavy atom. The van der Waals surface area contributed by atoms with E-state index in [0.717, 1.165) is 6.07 Å². The van der Waals surface area contributed by atoms with E-state index in [-0.39, 0.29) is 5.39 Å². The van der Waals surface area contributed by atoms with Crippen LogP contribution >= 0.6 is 0 Å². The van der Waals surface area contributed by atoms with Gasteiger partial charge in [0.25, 0.3) is 0 Å². The molecule has 0 amide bonds. The van der Waals surface area contributed by atoms with Gasteiger partial charge in [0.2, 0.25) is 0 Å². The molecule has 62 valence electrons.